The van der Waals surface area contributed by atoms with Crippen LogP contribution in [0.1, 0.15) is 25.3 Å². The number of nitrogens with zero attached hydrogens (tertiary/aromatic N) is 2. The van der Waals surface area contributed by atoms with Crippen LogP contribution in [0, 0.1) is 0 Å². The number of benzene rings is 1. The number of aliphatic imine (C=N–C) groups is 1. The molecule has 0 radical (unpaired) electrons. The average Bonchev–Trinajstić information content (AvgIpc) is 2.77. The molecule has 2 rings (SSSR count). The first-order chi connectivity index (χ1) is 7.85. The molecule has 0 spiro atoms. The second-order valence-electron chi connectivity index (χ2n) is 4.39. The fraction of sp³-hybridized carbons (Fsp3) is 0.357. The monoisotopic (exact) mass is 250 g/mol. The van der Waals surface area contributed by atoms with Crippen molar-refractivity contribution in [1.82, 2.24) is 0 Å². The molecule has 0 bridgehead atoms. The van der Waals surface area contributed by atoms with E-state index in [1.165, 1.54) is 18.4 Å². The third kappa shape index (κ3) is 3.69. The minimum atomic E-state index is 0. The number of hydrogen-bond donors (Lipinski definition) is 0. The van der Waals surface area contributed by atoms with Crippen LogP contribution in [0.25, 0.3) is 0 Å². The lowest BCUT2D eigenvalue weighted by atomic mass is 10.2. The van der Waals surface area contributed by atoms with Crippen LogP contribution in [0.4, 0.5) is 0 Å². The molecule has 0 saturated heterocycles. The normalized spacial score (nSPS) is 21.5. The lowest BCUT2D eigenvalue weighted by molar-refractivity contribution is -0.794. The minimum Gasteiger partial charge on any atom is -1.00 e. The summed E-state index contributed by atoms with van der Waals surface area (Å²) in [5, 5.41) is 0. The van der Waals surface area contributed by atoms with Crippen molar-refractivity contribution in [3.05, 3.63) is 48.3 Å². The van der Waals surface area contributed by atoms with Crippen molar-refractivity contribution >= 4 is 6.34 Å². The number of quaternary nitrogens is 1. The Kier molecular flexibility index (Phi) is 5.39. The highest BCUT2D eigenvalue weighted by Gasteiger charge is 2.25. The van der Waals surface area contributed by atoms with Crippen LogP contribution in [-0.2, 0) is 6.54 Å². The Morgan fingerprint density at radius 1 is 1.18 bits per heavy atom. The van der Waals surface area contributed by atoms with Gasteiger partial charge in [-0.3, -0.25) is 0 Å². The number of unbranched alkanes of at least 4 members (excludes halogenated alkanes) is 1. The molecule has 0 amide bonds. The first-order valence-electron chi connectivity index (χ1n) is 5.97. The molecule has 92 valence electrons. The Hall–Kier alpha value is -1.12. The largest absolute Gasteiger partial charge is 1.00 e. The Morgan fingerprint density at radius 2 is 1.94 bits per heavy atom. The van der Waals surface area contributed by atoms with Crippen LogP contribution in [0.2, 0.25) is 0 Å². The van der Waals surface area contributed by atoms with Crippen LogP contribution in [-0.4, -0.2) is 17.4 Å². The van der Waals surface area contributed by atoms with Gasteiger partial charge in [0.2, 0.25) is 0 Å². The van der Waals surface area contributed by atoms with E-state index in [0.717, 1.165) is 17.6 Å². The van der Waals surface area contributed by atoms with E-state index in [0.29, 0.717) is 0 Å². The van der Waals surface area contributed by atoms with Gasteiger partial charge >= 0.3 is 0 Å². The molecular formula is C14H19ClN2. The lowest BCUT2D eigenvalue weighted by Gasteiger charge is -2.27. The average molecular weight is 251 g/mol. The third-order valence-electron chi connectivity index (χ3n) is 2.99. The molecular weight excluding hydrogens is 232 g/mol. The molecule has 0 aliphatic carbocycles. The molecule has 2 nitrogen and oxygen atoms in total. The molecule has 0 fully saturated rings. The quantitative estimate of drug-likeness (QED) is 0.668. The highest BCUT2D eigenvalue weighted by atomic mass is 35.5. The fourth-order valence-electron chi connectivity index (χ4n) is 2.06. The summed E-state index contributed by atoms with van der Waals surface area (Å²) in [7, 11) is 0. The summed E-state index contributed by atoms with van der Waals surface area (Å²) in [4.78, 5) is 4.25. The Balaban J connectivity index is 0.00000144. The van der Waals surface area contributed by atoms with Gasteiger partial charge in [0.25, 0.3) is 0 Å². The van der Waals surface area contributed by atoms with E-state index in [4.69, 9.17) is 0 Å². The first kappa shape index (κ1) is 13.9. The summed E-state index contributed by atoms with van der Waals surface area (Å²) < 4.78 is 0.873. The van der Waals surface area contributed by atoms with Crippen molar-refractivity contribution in [2.75, 3.05) is 6.54 Å². The Bertz CT molecular complexity index is 372. The van der Waals surface area contributed by atoms with Gasteiger partial charge in [-0.1, -0.05) is 43.7 Å². The molecule has 1 heterocycles. The molecule has 1 unspecified atom stereocenters. The lowest BCUT2D eigenvalue weighted by Crippen LogP contribution is -3.00. The molecule has 0 aromatic heterocycles. The molecule has 1 atom stereocenters. The SMILES string of the molecule is CCCC[N+]1(Cc2ccccc2)C=CN=C1.[Cl-]. The van der Waals surface area contributed by atoms with Gasteiger partial charge in [-0.05, 0) is 6.42 Å². The second-order valence-corrected chi connectivity index (χ2v) is 4.39. The van der Waals surface area contributed by atoms with Crippen LogP contribution >= 0.6 is 0 Å². The van der Waals surface area contributed by atoms with Gasteiger partial charge in [0.1, 0.15) is 12.7 Å². The molecule has 1 aromatic rings. The van der Waals surface area contributed by atoms with Gasteiger partial charge in [0, 0.05) is 5.56 Å². The zero-order valence-corrected chi connectivity index (χ0v) is 11.0. The summed E-state index contributed by atoms with van der Waals surface area (Å²) in [6.07, 6.45) is 8.64. The summed E-state index contributed by atoms with van der Waals surface area (Å²) in [6.45, 7) is 4.39. The van der Waals surface area contributed by atoms with Crippen LogP contribution in [0.15, 0.2) is 47.7 Å². The van der Waals surface area contributed by atoms with Crippen molar-refractivity contribution < 1.29 is 16.9 Å². The van der Waals surface area contributed by atoms with E-state index in [1.807, 2.05) is 6.20 Å². The maximum absolute atomic E-state index is 4.25. The van der Waals surface area contributed by atoms with E-state index >= 15 is 0 Å². The van der Waals surface area contributed by atoms with E-state index in [1.54, 1.807) is 0 Å². The van der Waals surface area contributed by atoms with E-state index < -0.39 is 0 Å². The number of rotatable bonds is 5. The Morgan fingerprint density at radius 3 is 2.53 bits per heavy atom. The van der Waals surface area contributed by atoms with Crippen molar-refractivity contribution in [2.45, 2.75) is 26.3 Å². The summed E-state index contributed by atoms with van der Waals surface area (Å²) in [5.41, 5.74) is 1.37. The van der Waals surface area contributed by atoms with Crippen LogP contribution in [0.5, 0.6) is 0 Å². The number of hydrogen-bond acceptors (Lipinski definition) is 1. The van der Waals surface area contributed by atoms with E-state index in [-0.39, 0.29) is 12.4 Å². The molecule has 1 aromatic carbocycles. The highest BCUT2D eigenvalue weighted by molar-refractivity contribution is 5.51. The standard InChI is InChI=1S/C14H19N2.ClH/c1-2-3-10-16(11-9-15-13-16)12-14-7-5-4-6-8-14;/h4-9,11,13H,2-3,10,12H2,1H3;1H/q+1;/p-1. The van der Waals surface area contributed by atoms with E-state index in [9.17, 15) is 0 Å². The summed E-state index contributed by atoms with van der Waals surface area (Å²) in [6, 6.07) is 10.6. The van der Waals surface area contributed by atoms with Gasteiger partial charge in [-0.2, -0.15) is 0 Å². The second kappa shape index (κ2) is 6.58. The Labute approximate surface area is 110 Å². The maximum Gasteiger partial charge on any atom is 0.195 e. The maximum atomic E-state index is 4.25. The van der Waals surface area contributed by atoms with Crippen LogP contribution in [0.3, 0.4) is 0 Å². The van der Waals surface area contributed by atoms with Gasteiger partial charge in [-0.15, -0.1) is 0 Å². The smallest absolute Gasteiger partial charge is 0.195 e. The van der Waals surface area contributed by atoms with Gasteiger partial charge in [0.15, 0.2) is 6.34 Å². The topological polar surface area (TPSA) is 12.4 Å². The van der Waals surface area contributed by atoms with Crippen molar-refractivity contribution in [3.63, 3.8) is 0 Å². The molecule has 3 heteroatoms. The van der Waals surface area contributed by atoms with Crippen molar-refractivity contribution in [2.24, 2.45) is 4.99 Å². The zero-order valence-electron chi connectivity index (χ0n) is 10.2. The number of halogens is 1. The molecule has 17 heavy (non-hydrogen) atoms. The van der Waals surface area contributed by atoms with Gasteiger partial charge < -0.3 is 12.4 Å². The van der Waals surface area contributed by atoms with Gasteiger partial charge in [-0.25, -0.2) is 9.48 Å². The fourth-order valence-corrected chi connectivity index (χ4v) is 2.06. The highest BCUT2D eigenvalue weighted by Crippen LogP contribution is 2.18. The zero-order chi connectivity index (χ0) is 11.3. The predicted octanol–water partition coefficient (Wildman–Crippen LogP) is 0.321. The summed E-state index contributed by atoms with van der Waals surface area (Å²) >= 11 is 0. The summed E-state index contributed by atoms with van der Waals surface area (Å²) in [5.74, 6) is 0. The van der Waals surface area contributed by atoms with Crippen molar-refractivity contribution in [1.29, 1.82) is 0 Å². The molecule has 0 N–H and O–H groups in total. The molecule has 1 aliphatic heterocycles. The minimum absolute atomic E-state index is 0. The third-order valence-corrected chi connectivity index (χ3v) is 2.99. The molecule has 0 saturated carbocycles. The van der Waals surface area contributed by atoms with Gasteiger partial charge in [0.05, 0.1) is 12.7 Å². The predicted molar refractivity (Wildman–Crippen MR) is 67.8 cm³/mol. The van der Waals surface area contributed by atoms with Crippen molar-refractivity contribution in [3.8, 4) is 0 Å². The first-order valence-corrected chi connectivity index (χ1v) is 5.97. The molecule has 1 aliphatic rings. The van der Waals surface area contributed by atoms with E-state index in [2.05, 4.69) is 54.8 Å². The van der Waals surface area contributed by atoms with Crippen LogP contribution < -0.4 is 12.4 Å².